The van der Waals surface area contributed by atoms with E-state index in [0.717, 1.165) is 46.5 Å². The zero-order valence-corrected chi connectivity index (χ0v) is 18.0. The Morgan fingerprint density at radius 2 is 1.77 bits per heavy atom. The van der Waals surface area contributed by atoms with Crippen LogP contribution in [-0.2, 0) is 21.2 Å². The molecule has 30 heavy (non-hydrogen) atoms. The van der Waals surface area contributed by atoms with Gasteiger partial charge in [0, 0.05) is 12.6 Å². The molecule has 0 saturated heterocycles. The number of rotatable bonds is 10. The van der Waals surface area contributed by atoms with Crippen LogP contribution in [0.25, 0.3) is 0 Å². The van der Waals surface area contributed by atoms with Gasteiger partial charge in [-0.15, -0.1) is 0 Å². The van der Waals surface area contributed by atoms with Crippen LogP contribution < -0.4 is 14.4 Å². The van der Waals surface area contributed by atoms with Gasteiger partial charge in [0.1, 0.15) is 12.3 Å². The van der Waals surface area contributed by atoms with Gasteiger partial charge in [0.25, 0.3) is 0 Å². The van der Waals surface area contributed by atoms with Crippen molar-refractivity contribution in [2.75, 3.05) is 23.7 Å². The molecule has 1 amide bonds. The molecule has 0 atom stereocenters. The Kier molecular flexibility index (Phi) is 8.16. The minimum absolute atomic E-state index is 0.101. The minimum Gasteiger partial charge on any atom is -0.491 e. The van der Waals surface area contributed by atoms with Crippen LogP contribution in [0.4, 0.5) is 14.5 Å². The molecule has 0 saturated carbocycles. The summed E-state index contributed by atoms with van der Waals surface area (Å²) in [5, 5.41) is 2.65. The molecular weight excluding hydrogens is 414 g/mol. The molecule has 0 fully saturated rings. The van der Waals surface area contributed by atoms with Gasteiger partial charge in [-0.2, -0.15) is 0 Å². The highest BCUT2D eigenvalue weighted by Gasteiger charge is 2.21. The summed E-state index contributed by atoms with van der Waals surface area (Å²) in [6.07, 6.45) is 2.37. The van der Waals surface area contributed by atoms with E-state index in [1.807, 2.05) is 38.1 Å². The smallest absolute Gasteiger partial charge is 0.240 e. The summed E-state index contributed by atoms with van der Waals surface area (Å²) in [5.74, 6) is -2.03. The maximum absolute atomic E-state index is 13.5. The van der Waals surface area contributed by atoms with E-state index in [0.29, 0.717) is 13.0 Å². The number of carbonyl (C=O) groups is 1. The number of amides is 1. The number of aryl methyl sites for hydroxylation is 1. The molecule has 164 valence electrons. The van der Waals surface area contributed by atoms with Gasteiger partial charge >= 0.3 is 0 Å². The molecule has 0 radical (unpaired) electrons. The van der Waals surface area contributed by atoms with Crippen LogP contribution in [0.3, 0.4) is 0 Å². The van der Waals surface area contributed by atoms with Crippen LogP contribution in [0.15, 0.2) is 42.5 Å². The molecular formula is C21H26F2N2O4S. The lowest BCUT2D eigenvalue weighted by Gasteiger charge is -2.22. The summed E-state index contributed by atoms with van der Waals surface area (Å²) in [4.78, 5) is 12.2. The van der Waals surface area contributed by atoms with Gasteiger partial charge in [-0.05, 0) is 56.5 Å². The zero-order valence-electron chi connectivity index (χ0n) is 17.2. The largest absolute Gasteiger partial charge is 0.491 e. The van der Waals surface area contributed by atoms with Gasteiger partial charge in [-0.1, -0.05) is 12.1 Å². The minimum atomic E-state index is -3.86. The zero-order chi connectivity index (χ0) is 22.3. The van der Waals surface area contributed by atoms with Crippen LogP contribution in [0, 0.1) is 11.6 Å². The van der Waals surface area contributed by atoms with Crippen LogP contribution >= 0.6 is 0 Å². The first-order valence-corrected chi connectivity index (χ1v) is 11.4. The number of halogens is 2. The van der Waals surface area contributed by atoms with Crippen molar-refractivity contribution in [1.29, 1.82) is 0 Å². The Morgan fingerprint density at radius 3 is 2.33 bits per heavy atom. The van der Waals surface area contributed by atoms with Gasteiger partial charge < -0.3 is 10.1 Å². The van der Waals surface area contributed by atoms with Crippen LogP contribution in [0.2, 0.25) is 0 Å². The number of benzene rings is 2. The van der Waals surface area contributed by atoms with E-state index >= 15 is 0 Å². The van der Waals surface area contributed by atoms with E-state index in [1.165, 1.54) is 0 Å². The van der Waals surface area contributed by atoms with Crippen molar-refractivity contribution < 1.29 is 26.7 Å². The van der Waals surface area contributed by atoms with Crippen molar-refractivity contribution in [3.8, 4) is 5.75 Å². The second kappa shape index (κ2) is 10.4. The molecule has 0 aliphatic carbocycles. The van der Waals surface area contributed by atoms with Crippen molar-refractivity contribution in [1.82, 2.24) is 5.32 Å². The van der Waals surface area contributed by atoms with Crippen molar-refractivity contribution in [3.63, 3.8) is 0 Å². The second-order valence-electron chi connectivity index (χ2n) is 7.13. The molecule has 6 nitrogen and oxygen atoms in total. The number of ether oxygens (including phenoxy) is 1. The Bertz CT molecular complexity index is 963. The maximum atomic E-state index is 13.5. The topological polar surface area (TPSA) is 75.7 Å². The molecule has 0 aromatic heterocycles. The SMILES string of the molecule is CC(C)Oc1ccc(CCCNC(=O)CN(c2ccc(F)c(F)c2)S(C)(=O)=O)cc1. The summed E-state index contributed by atoms with van der Waals surface area (Å²) in [6, 6.07) is 10.4. The summed E-state index contributed by atoms with van der Waals surface area (Å²) >= 11 is 0. The van der Waals surface area contributed by atoms with E-state index in [1.54, 1.807) is 0 Å². The summed E-state index contributed by atoms with van der Waals surface area (Å²) < 4.78 is 56.9. The molecule has 0 aliphatic rings. The quantitative estimate of drug-likeness (QED) is 0.576. The molecule has 2 rings (SSSR count). The first-order chi connectivity index (χ1) is 14.1. The molecule has 0 bridgehead atoms. The van der Waals surface area contributed by atoms with E-state index in [9.17, 15) is 22.0 Å². The van der Waals surface area contributed by atoms with Gasteiger partial charge in [-0.3, -0.25) is 9.10 Å². The highest BCUT2D eigenvalue weighted by Crippen LogP contribution is 2.20. The number of carbonyl (C=O) groups excluding carboxylic acids is 1. The standard InChI is InChI=1S/C21H26F2N2O4S/c1-15(2)29-18-9-6-16(7-10-18)5-4-12-24-21(26)14-25(30(3,27)28)17-8-11-19(22)20(23)13-17/h6-11,13,15H,4-5,12,14H2,1-3H3,(H,24,26). The van der Waals surface area contributed by atoms with Crippen molar-refractivity contribution in [2.45, 2.75) is 32.8 Å². The van der Waals surface area contributed by atoms with E-state index < -0.39 is 34.1 Å². The highest BCUT2D eigenvalue weighted by atomic mass is 32.2. The fraction of sp³-hybridized carbons (Fsp3) is 0.381. The number of hydrogen-bond acceptors (Lipinski definition) is 4. The first-order valence-electron chi connectivity index (χ1n) is 9.51. The van der Waals surface area contributed by atoms with Crippen LogP contribution in [0.1, 0.15) is 25.8 Å². The first kappa shape index (κ1) is 23.6. The molecule has 0 spiro atoms. The molecule has 0 aliphatic heterocycles. The predicted molar refractivity (Wildman–Crippen MR) is 112 cm³/mol. The number of anilines is 1. The summed E-state index contributed by atoms with van der Waals surface area (Å²) in [6.45, 7) is 3.73. The third-order valence-corrected chi connectivity index (χ3v) is 5.28. The van der Waals surface area contributed by atoms with E-state index in [2.05, 4.69) is 5.32 Å². The highest BCUT2D eigenvalue weighted by molar-refractivity contribution is 7.92. The predicted octanol–water partition coefficient (Wildman–Crippen LogP) is 3.27. The number of hydrogen-bond donors (Lipinski definition) is 1. The molecule has 1 N–H and O–H groups in total. The fourth-order valence-electron chi connectivity index (χ4n) is 2.75. The number of sulfonamides is 1. The molecule has 2 aromatic carbocycles. The van der Waals surface area contributed by atoms with Crippen LogP contribution in [0.5, 0.6) is 5.75 Å². The van der Waals surface area contributed by atoms with Crippen molar-refractivity contribution >= 4 is 21.6 Å². The lowest BCUT2D eigenvalue weighted by molar-refractivity contribution is -0.119. The summed E-state index contributed by atoms with van der Waals surface area (Å²) in [7, 11) is -3.86. The van der Waals surface area contributed by atoms with E-state index in [4.69, 9.17) is 4.74 Å². The Labute approximate surface area is 175 Å². The van der Waals surface area contributed by atoms with Crippen LogP contribution in [-0.4, -0.2) is 39.8 Å². The van der Waals surface area contributed by atoms with Gasteiger partial charge in [0.05, 0.1) is 18.0 Å². The number of nitrogens with zero attached hydrogens (tertiary/aromatic N) is 1. The Hall–Kier alpha value is -2.68. The summed E-state index contributed by atoms with van der Waals surface area (Å²) in [5.41, 5.74) is 0.968. The lowest BCUT2D eigenvalue weighted by atomic mass is 10.1. The normalized spacial score (nSPS) is 11.4. The molecule has 2 aromatic rings. The van der Waals surface area contributed by atoms with Crippen molar-refractivity contribution in [2.24, 2.45) is 0 Å². The van der Waals surface area contributed by atoms with Crippen molar-refractivity contribution in [3.05, 3.63) is 59.7 Å². The third-order valence-electron chi connectivity index (χ3n) is 4.14. The van der Waals surface area contributed by atoms with E-state index in [-0.39, 0.29) is 11.8 Å². The third kappa shape index (κ3) is 7.29. The average Bonchev–Trinajstić information content (AvgIpc) is 2.65. The maximum Gasteiger partial charge on any atom is 0.240 e. The number of nitrogens with one attached hydrogen (secondary N) is 1. The van der Waals surface area contributed by atoms with Gasteiger partial charge in [0.15, 0.2) is 11.6 Å². The molecule has 0 unspecified atom stereocenters. The Morgan fingerprint density at radius 1 is 1.10 bits per heavy atom. The Balaban J connectivity index is 1.86. The fourth-order valence-corrected chi connectivity index (χ4v) is 3.60. The monoisotopic (exact) mass is 440 g/mol. The molecule has 9 heteroatoms. The average molecular weight is 441 g/mol. The molecule has 0 heterocycles. The lowest BCUT2D eigenvalue weighted by Crippen LogP contribution is -2.40. The van der Waals surface area contributed by atoms with Gasteiger partial charge in [0.2, 0.25) is 15.9 Å². The van der Waals surface area contributed by atoms with Gasteiger partial charge in [-0.25, -0.2) is 17.2 Å². The second-order valence-corrected chi connectivity index (χ2v) is 9.04.